The summed E-state index contributed by atoms with van der Waals surface area (Å²) in [5.41, 5.74) is 2.09. The fourth-order valence-corrected chi connectivity index (χ4v) is 2.18. The molecule has 0 saturated carbocycles. The average molecular weight is 348 g/mol. The minimum Gasteiger partial charge on any atom is -0.491 e. The van der Waals surface area contributed by atoms with Crippen LogP contribution in [0.2, 0.25) is 0 Å². The van der Waals surface area contributed by atoms with E-state index in [4.69, 9.17) is 4.74 Å². The molecule has 0 aromatic heterocycles. The summed E-state index contributed by atoms with van der Waals surface area (Å²) in [4.78, 5) is 11.8. The third-order valence-electron chi connectivity index (χ3n) is 3.05. The van der Waals surface area contributed by atoms with Gasteiger partial charge in [-0.05, 0) is 36.2 Å². The molecule has 2 aromatic rings. The fourth-order valence-electron chi connectivity index (χ4n) is 1.92. The third-order valence-corrected chi connectivity index (χ3v) is 3.58. The Morgan fingerprint density at radius 2 is 1.86 bits per heavy atom. The van der Waals surface area contributed by atoms with Gasteiger partial charge in [-0.3, -0.25) is 4.79 Å². The molecule has 0 fully saturated rings. The number of para-hydroxylation sites is 1. The van der Waals surface area contributed by atoms with Gasteiger partial charge in [0.15, 0.2) is 0 Å². The van der Waals surface area contributed by atoms with E-state index in [1.54, 1.807) is 0 Å². The van der Waals surface area contributed by atoms with E-state index >= 15 is 0 Å². The van der Waals surface area contributed by atoms with Gasteiger partial charge >= 0.3 is 0 Å². The van der Waals surface area contributed by atoms with E-state index in [-0.39, 0.29) is 5.91 Å². The van der Waals surface area contributed by atoms with E-state index in [1.807, 2.05) is 55.5 Å². The van der Waals surface area contributed by atoms with Crippen molar-refractivity contribution in [2.24, 2.45) is 0 Å². The number of benzene rings is 2. The SMILES string of the molecule is Cc1ccccc1OCCNC(=O)Cc1ccc(Br)cc1. The Morgan fingerprint density at radius 3 is 2.57 bits per heavy atom. The molecule has 1 N–H and O–H groups in total. The largest absolute Gasteiger partial charge is 0.491 e. The number of ether oxygens (including phenoxy) is 1. The molecule has 2 rings (SSSR count). The van der Waals surface area contributed by atoms with Gasteiger partial charge in [0.1, 0.15) is 12.4 Å². The van der Waals surface area contributed by atoms with Crippen molar-refractivity contribution in [3.63, 3.8) is 0 Å². The molecule has 1 amide bonds. The number of aryl methyl sites for hydroxylation is 1. The van der Waals surface area contributed by atoms with E-state index in [0.717, 1.165) is 21.3 Å². The molecule has 0 aliphatic rings. The Bertz CT molecular complexity index is 596. The first kappa shape index (κ1) is 15.6. The molecule has 0 aliphatic heterocycles. The number of carbonyl (C=O) groups excluding carboxylic acids is 1. The Hall–Kier alpha value is -1.81. The summed E-state index contributed by atoms with van der Waals surface area (Å²) < 4.78 is 6.64. The van der Waals surface area contributed by atoms with Crippen molar-refractivity contribution < 1.29 is 9.53 Å². The van der Waals surface area contributed by atoms with Crippen LogP contribution in [-0.4, -0.2) is 19.1 Å². The van der Waals surface area contributed by atoms with Gasteiger partial charge in [-0.25, -0.2) is 0 Å². The van der Waals surface area contributed by atoms with Crippen molar-refractivity contribution in [2.45, 2.75) is 13.3 Å². The molecule has 0 aliphatic carbocycles. The zero-order valence-corrected chi connectivity index (χ0v) is 13.5. The molecule has 0 heterocycles. The first-order chi connectivity index (χ1) is 10.1. The minimum absolute atomic E-state index is 0.00528. The molecular weight excluding hydrogens is 330 g/mol. The molecule has 0 spiro atoms. The summed E-state index contributed by atoms with van der Waals surface area (Å²) in [6.45, 7) is 2.97. The molecule has 0 unspecified atom stereocenters. The van der Waals surface area contributed by atoms with Crippen molar-refractivity contribution in [1.29, 1.82) is 0 Å². The number of rotatable bonds is 6. The Morgan fingerprint density at radius 1 is 1.14 bits per heavy atom. The number of carbonyl (C=O) groups is 1. The highest BCUT2D eigenvalue weighted by Crippen LogP contribution is 2.15. The Balaban J connectivity index is 1.70. The van der Waals surface area contributed by atoms with Crippen molar-refractivity contribution >= 4 is 21.8 Å². The maximum Gasteiger partial charge on any atom is 0.224 e. The van der Waals surface area contributed by atoms with Crippen LogP contribution in [-0.2, 0) is 11.2 Å². The normalized spacial score (nSPS) is 10.2. The predicted molar refractivity (Wildman–Crippen MR) is 87.5 cm³/mol. The summed E-state index contributed by atoms with van der Waals surface area (Å²) in [6, 6.07) is 15.6. The van der Waals surface area contributed by atoms with E-state index in [9.17, 15) is 4.79 Å². The fraction of sp³-hybridized carbons (Fsp3) is 0.235. The third kappa shape index (κ3) is 5.23. The summed E-state index contributed by atoms with van der Waals surface area (Å²) >= 11 is 3.37. The Labute approximate surface area is 133 Å². The van der Waals surface area contributed by atoms with Gasteiger partial charge in [0.2, 0.25) is 5.91 Å². The molecule has 0 atom stereocenters. The van der Waals surface area contributed by atoms with Crippen molar-refractivity contribution in [1.82, 2.24) is 5.32 Å². The standard InChI is InChI=1S/C17H18BrNO2/c1-13-4-2-3-5-16(13)21-11-10-19-17(20)12-14-6-8-15(18)9-7-14/h2-9H,10-12H2,1H3,(H,19,20). The zero-order chi connectivity index (χ0) is 15.1. The van der Waals surface area contributed by atoms with Crippen molar-refractivity contribution in [3.8, 4) is 5.75 Å². The predicted octanol–water partition coefficient (Wildman–Crippen LogP) is 3.50. The highest BCUT2D eigenvalue weighted by molar-refractivity contribution is 9.10. The van der Waals surface area contributed by atoms with E-state index in [0.29, 0.717) is 19.6 Å². The summed E-state index contributed by atoms with van der Waals surface area (Å²) in [5, 5.41) is 2.86. The lowest BCUT2D eigenvalue weighted by molar-refractivity contribution is -0.120. The molecule has 0 bridgehead atoms. The van der Waals surface area contributed by atoms with Gasteiger partial charge in [-0.15, -0.1) is 0 Å². The number of hydrogen-bond acceptors (Lipinski definition) is 2. The zero-order valence-electron chi connectivity index (χ0n) is 11.9. The lowest BCUT2D eigenvalue weighted by atomic mass is 10.1. The molecule has 2 aromatic carbocycles. The second-order valence-electron chi connectivity index (χ2n) is 4.77. The first-order valence-electron chi connectivity index (χ1n) is 6.85. The van der Waals surface area contributed by atoms with E-state index < -0.39 is 0 Å². The molecule has 21 heavy (non-hydrogen) atoms. The number of halogens is 1. The van der Waals surface area contributed by atoms with E-state index in [1.165, 1.54) is 0 Å². The molecule has 0 radical (unpaired) electrons. The lowest BCUT2D eigenvalue weighted by Crippen LogP contribution is -2.29. The summed E-state index contributed by atoms with van der Waals surface area (Å²) in [5.74, 6) is 0.866. The van der Waals surface area contributed by atoms with Gasteiger partial charge in [0.25, 0.3) is 0 Å². The van der Waals surface area contributed by atoms with Gasteiger partial charge in [-0.2, -0.15) is 0 Å². The average Bonchev–Trinajstić information content (AvgIpc) is 2.48. The molecule has 3 nitrogen and oxygen atoms in total. The van der Waals surface area contributed by atoms with Gasteiger partial charge in [0, 0.05) is 4.47 Å². The molecular formula is C17H18BrNO2. The molecule has 110 valence electrons. The van der Waals surface area contributed by atoms with Crippen LogP contribution in [0, 0.1) is 6.92 Å². The topological polar surface area (TPSA) is 38.3 Å². The van der Waals surface area contributed by atoms with Crippen molar-refractivity contribution in [3.05, 3.63) is 64.1 Å². The Kier molecular flexibility index (Phi) is 5.81. The second kappa shape index (κ2) is 7.84. The highest BCUT2D eigenvalue weighted by Gasteiger charge is 2.03. The first-order valence-corrected chi connectivity index (χ1v) is 7.64. The highest BCUT2D eigenvalue weighted by atomic mass is 79.9. The van der Waals surface area contributed by atoms with Crippen LogP contribution in [0.3, 0.4) is 0 Å². The lowest BCUT2D eigenvalue weighted by Gasteiger charge is -2.09. The van der Waals surface area contributed by atoms with Crippen molar-refractivity contribution in [2.75, 3.05) is 13.2 Å². The van der Waals surface area contributed by atoms with Crippen LogP contribution in [0.25, 0.3) is 0 Å². The minimum atomic E-state index is 0.00528. The monoisotopic (exact) mass is 347 g/mol. The quantitative estimate of drug-likeness (QED) is 0.812. The van der Waals surface area contributed by atoms with Gasteiger partial charge in [0.05, 0.1) is 13.0 Å². The smallest absolute Gasteiger partial charge is 0.224 e. The summed E-state index contributed by atoms with van der Waals surface area (Å²) in [6.07, 6.45) is 0.387. The number of hydrogen-bond donors (Lipinski definition) is 1. The van der Waals surface area contributed by atoms with Crippen LogP contribution >= 0.6 is 15.9 Å². The molecule has 4 heteroatoms. The molecule has 0 saturated heterocycles. The van der Waals surface area contributed by atoms with Crippen LogP contribution in [0.5, 0.6) is 5.75 Å². The van der Waals surface area contributed by atoms with Crippen LogP contribution in [0.4, 0.5) is 0 Å². The maximum absolute atomic E-state index is 11.8. The maximum atomic E-state index is 11.8. The van der Waals surface area contributed by atoms with Gasteiger partial charge in [-0.1, -0.05) is 46.3 Å². The summed E-state index contributed by atoms with van der Waals surface area (Å²) in [7, 11) is 0. The van der Waals surface area contributed by atoms with Crippen LogP contribution in [0.15, 0.2) is 53.0 Å². The van der Waals surface area contributed by atoms with Crippen LogP contribution < -0.4 is 10.1 Å². The van der Waals surface area contributed by atoms with E-state index in [2.05, 4.69) is 21.2 Å². The number of nitrogens with one attached hydrogen (secondary N) is 1. The second-order valence-corrected chi connectivity index (χ2v) is 5.68. The van der Waals surface area contributed by atoms with Crippen LogP contribution in [0.1, 0.15) is 11.1 Å². The van der Waals surface area contributed by atoms with Gasteiger partial charge < -0.3 is 10.1 Å². The number of amides is 1.